The van der Waals surface area contributed by atoms with E-state index in [-0.39, 0.29) is 10.9 Å². The Balaban J connectivity index is 1.59. The third-order valence-corrected chi connectivity index (χ3v) is 7.34. The summed E-state index contributed by atoms with van der Waals surface area (Å²) in [5.74, 6) is -0.0686. The Hall–Kier alpha value is -3.04. The molecule has 1 aliphatic heterocycles. The lowest BCUT2D eigenvalue weighted by Gasteiger charge is -2.42. The van der Waals surface area contributed by atoms with Gasteiger partial charge in [-0.3, -0.25) is 9.78 Å². The fourth-order valence-corrected chi connectivity index (χ4v) is 5.13. The summed E-state index contributed by atoms with van der Waals surface area (Å²) in [7, 11) is 5.84. The quantitative estimate of drug-likeness (QED) is 0.466. The molecule has 6 nitrogen and oxygen atoms in total. The standard InChI is InChI=1S/C27H31ClF3N5O/c1-34(2)16-12-32-25(37)26(20-6-8-22(33-18-20)24-5-4-13-35(24)3)10-14-36(15-11-26)23-9-7-19(17-21(23)28)27(29,30)31/h4-9,13,17-18H,10-12,14-16H2,1-3H3,(H,32,37). The van der Waals surface area contributed by atoms with Gasteiger partial charge in [0.2, 0.25) is 5.91 Å². The molecule has 1 aliphatic rings. The number of nitrogens with zero attached hydrogens (tertiary/aromatic N) is 4. The Morgan fingerprint density at radius 3 is 2.43 bits per heavy atom. The van der Waals surface area contributed by atoms with E-state index in [2.05, 4.69) is 10.3 Å². The van der Waals surface area contributed by atoms with Crippen molar-refractivity contribution in [2.75, 3.05) is 45.2 Å². The lowest BCUT2D eigenvalue weighted by Crippen LogP contribution is -2.52. The van der Waals surface area contributed by atoms with Gasteiger partial charge in [0, 0.05) is 45.6 Å². The average molecular weight is 534 g/mol. The Morgan fingerprint density at radius 2 is 1.89 bits per heavy atom. The molecule has 10 heteroatoms. The van der Waals surface area contributed by atoms with Gasteiger partial charge in [-0.2, -0.15) is 13.2 Å². The van der Waals surface area contributed by atoms with Crippen LogP contribution in [0.5, 0.6) is 0 Å². The van der Waals surface area contributed by atoms with E-state index in [1.807, 2.05) is 66.0 Å². The molecule has 0 atom stereocenters. The SMILES string of the molecule is CN(C)CCNC(=O)C1(c2ccc(-c3cccn3C)nc2)CCN(c2ccc(C(F)(F)F)cc2Cl)CC1. The fourth-order valence-electron chi connectivity index (χ4n) is 4.83. The Kier molecular flexibility index (Phi) is 7.85. The van der Waals surface area contributed by atoms with Crippen molar-refractivity contribution in [3.05, 3.63) is 71.0 Å². The van der Waals surface area contributed by atoms with Crippen molar-refractivity contribution in [1.29, 1.82) is 0 Å². The summed E-state index contributed by atoms with van der Waals surface area (Å²) in [6.07, 6.45) is 0.219. The molecule has 1 aromatic carbocycles. The van der Waals surface area contributed by atoms with Crippen LogP contribution < -0.4 is 10.2 Å². The fraction of sp³-hybridized carbons (Fsp3) is 0.407. The molecule has 1 amide bonds. The molecule has 0 aliphatic carbocycles. The zero-order valence-electron chi connectivity index (χ0n) is 21.1. The maximum Gasteiger partial charge on any atom is 0.416 e. The van der Waals surface area contributed by atoms with Crippen LogP contribution in [0.1, 0.15) is 24.0 Å². The van der Waals surface area contributed by atoms with E-state index in [0.717, 1.165) is 29.1 Å². The molecule has 1 N–H and O–H groups in total. The monoisotopic (exact) mass is 533 g/mol. The van der Waals surface area contributed by atoms with Crippen LogP contribution in [0, 0.1) is 0 Å². The van der Waals surface area contributed by atoms with Gasteiger partial charge in [-0.05, 0) is 68.9 Å². The number of anilines is 1. The van der Waals surface area contributed by atoms with Crippen LogP contribution in [0.15, 0.2) is 54.9 Å². The molecule has 198 valence electrons. The normalized spacial score (nSPS) is 15.7. The molecule has 3 heterocycles. The van der Waals surface area contributed by atoms with Crippen LogP contribution >= 0.6 is 11.6 Å². The molecular formula is C27H31ClF3N5O. The summed E-state index contributed by atoms with van der Waals surface area (Å²) < 4.78 is 41.2. The van der Waals surface area contributed by atoms with Crippen LogP contribution in [0.4, 0.5) is 18.9 Å². The second-order valence-electron chi connectivity index (χ2n) is 9.73. The molecule has 0 spiro atoms. The lowest BCUT2D eigenvalue weighted by molar-refractivity contribution is -0.137. The van der Waals surface area contributed by atoms with Gasteiger partial charge in [-0.1, -0.05) is 17.7 Å². The molecule has 0 unspecified atom stereocenters. The third kappa shape index (κ3) is 5.78. The molecule has 2 aromatic heterocycles. The largest absolute Gasteiger partial charge is 0.416 e. The lowest BCUT2D eigenvalue weighted by atomic mass is 9.72. The van der Waals surface area contributed by atoms with Gasteiger partial charge in [-0.25, -0.2) is 0 Å². The van der Waals surface area contributed by atoms with E-state index >= 15 is 0 Å². The predicted molar refractivity (Wildman–Crippen MR) is 140 cm³/mol. The van der Waals surface area contributed by atoms with Crippen molar-refractivity contribution in [2.24, 2.45) is 7.05 Å². The van der Waals surface area contributed by atoms with Gasteiger partial charge in [0.05, 0.1) is 33.1 Å². The number of piperidine rings is 1. The van der Waals surface area contributed by atoms with Crippen molar-refractivity contribution in [3.63, 3.8) is 0 Å². The number of hydrogen-bond donors (Lipinski definition) is 1. The number of aryl methyl sites for hydroxylation is 1. The Bertz CT molecular complexity index is 1230. The second kappa shape index (κ2) is 10.8. The number of rotatable bonds is 7. The zero-order valence-corrected chi connectivity index (χ0v) is 21.9. The average Bonchev–Trinajstić information content (AvgIpc) is 3.29. The van der Waals surface area contributed by atoms with Crippen LogP contribution in [-0.4, -0.2) is 60.6 Å². The van der Waals surface area contributed by atoms with Gasteiger partial charge in [0.1, 0.15) is 0 Å². The van der Waals surface area contributed by atoms with Crippen molar-refractivity contribution < 1.29 is 18.0 Å². The number of carbonyl (C=O) groups is 1. The molecule has 0 bridgehead atoms. The number of hydrogen-bond acceptors (Lipinski definition) is 4. The minimum Gasteiger partial charge on any atom is -0.370 e. The summed E-state index contributed by atoms with van der Waals surface area (Å²) in [4.78, 5) is 22.2. The molecule has 1 fully saturated rings. The number of pyridine rings is 1. The first-order valence-corrected chi connectivity index (χ1v) is 12.5. The van der Waals surface area contributed by atoms with Gasteiger partial charge in [0.15, 0.2) is 0 Å². The molecule has 37 heavy (non-hydrogen) atoms. The van der Waals surface area contributed by atoms with E-state index in [9.17, 15) is 18.0 Å². The highest BCUT2D eigenvalue weighted by atomic mass is 35.5. The highest BCUT2D eigenvalue weighted by Gasteiger charge is 2.43. The van der Waals surface area contributed by atoms with Gasteiger partial charge in [0.25, 0.3) is 0 Å². The third-order valence-electron chi connectivity index (χ3n) is 7.03. The van der Waals surface area contributed by atoms with E-state index in [1.165, 1.54) is 6.07 Å². The molecule has 0 radical (unpaired) electrons. The van der Waals surface area contributed by atoms with Crippen molar-refractivity contribution in [2.45, 2.75) is 24.4 Å². The topological polar surface area (TPSA) is 53.4 Å². The summed E-state index contributed by atoms with van der Waals surface area (Å²) in [6.45, 7) is 2.15. The zero-order chi connectivity index (χ0) is 26.8. The Labute approximate surface area is 220 Å². The number of likely N-dealkylation sites (N-methyl/N-ethyl adjacent to an activating group) is 1. The first-order chi connectivity index (χ1) is 17.5. The van der Waals surface area contributed by atoms with Crippen molar-refractivity contribution in [3.8, 4) is 11.4 Å². The second-order valence-corrected chi connectivity index (χ2v) is 10.1. The number of benzene rings is 1. The molecule has 4 rings (SSSR count). The molecule has 3 aromatic rings. The van der Waals surface area contributed by atoms with Crippen molar-refractivity contribution >= 4 is 23.2 Å². The summed E-state index contributed by atoms with van der Waals surface area (Å²) in [5.41, 5.74) is 1.56. The molecule has 1 saturated heterocycles. The summed E-state index contributed by atoms with van der Waals surface area (Å²) in [6, 6.07) is 11.2. The number of halogens is 4. The first-order valence-electron chi connectivity index (χ1n) is 12.1. The minimum absolute atomic E-state index is 0.0475. The molecular weight excluding hydrogens is 503 g/mol. The van der Waals surface area contributed by atoms with Crippen LogP contribution in [0.25, 0.3) is 11.4 Å². The maximum absolute atomic E-state index is 13.6. The van der Waals surface area contributed by atoms with Gasteiger partial charge in [-0.15, -0.1) is 0 Å². The summed E-state index contributed by atoms with van der Waals surface area (Å²) in [5, 5.41) is 3.13. The maximum atomic E-state index is 13.6. The van der Waals surface area contributed by atoms with Crippen molar-refractivity contribution in [1.82, 2.24) is 19.8 Å². The number of carbonyl (C=O) groups excluding carboxylic acids is 1. The van der Waals surface area contributed by atoms with Crippen LogP contribution in [-0.2, 0) is 23.4 Å². The van der Waals surface area contributed by atoms with E-state index in [1.54, 1.807) is 6.20 Å². The summed E-state index contributed by atoms with van der Waals surface area (Å²) >= 11 is 6.26. The number of aromatic nitrogens is 2. The van der Waals surface area contributed by atoms with Crippen LogP contribution in [0.3, 0.4) is 0 Å². The highest BCUT2D eigenvalue weighted by molar-refractivity contribution is 6.33. The van der Waals surface area contributed by atoms with Crippen LogP contribution in [0.2, 0.25) is 5.02 Å². The first kappa shape index (κ1) is 27.0. The minimum atomic E-state index is -4.46. The predicted octanol–water partition coefficient (Wildman–Crippen LogP) is 4.98. The van der Waals surface area contributed by atoms with E-state index in [4.69, 9.17) is 11.6 Å². The smallest absolute Gasteiger partial charge is 0.370 e. The Morgan fingerprint density at radius 1 is 1.16 bits per heavy atom. The highest BCUT2D eigenvalue weighted by Crippen LogP contribution is 2.40. The van der Waals surface area contributed by atoms with E-state index < -0.39 is 17.2 Å². The van der Waals surface area contributed by atoms with Gasteiger partial charge >= 0.3 is 6.18 Å². The number of alkyl halides is 3. The van der Waals surface area contributed by atoms with Gasteiger partial charge < -0.3 is 19.7 Å². The number of nitrogens with one attached hydrogen (secondary N) is 1. The van der Waals surface area contributed by atoms with E-state index in [0.29, 0.717) is 44.7 Å². The number of amides is 1. The molecule has 0 saturated carbocycles.